The molecule has 1 aliphatic heterocycles. The summed E-state index contributed by atoms with van der Waals surface area (Å²) in [5, 5.41) is 15.3. The van der Waals surface area contributed by atoms with Crippen molar-refractivity contribution in [2.45, 2.75) is 19.3 Å². The largest absolute Gasteiger partial charge is 0.481 e. The average molecular weight is 474 g/mol. The normalized spacial score (nSPS) is 14.0. The third-order valence-corrected chi connectivity index (χ3v) is 5.86. The molecule has 4 rings (SSSR count). The predicted molar refractivity (Wildman–Crippen MR) is 137 cm³/mol. The first-order valence-electron chi connectivity index (χ1n) is 11.5. The Labute approximate surface area is 204 Å². The van der Waals surface area contributed by atoms with Gasteiger partial charge in [0, 0.05) is 24.2 Å². The Kier molecular flexibility index (Phi) is 7.27. The van der Waals surface area contributed by atoms with Gasteiger partial charge in [-0.2, -0.15) is 0 Å². The molecule has 1 aliphatic rings. The summed E-state index contributed by atoms with van der Waals surface area (Å²) in [5.41, 5.74) is 5.59. The van der Waals surface area contributed by atoms with Crippen molar-refractivity contribution in [2.24, 2.45) is 0 Å². The molecule has 0 radical (unpaired) electrons. The number of hydrogen-bond donors (Lipinski definition) is 3. The number of nitrogens with one attached hydrogen (secondary N) is 2. The fraction of sp³-hybridized carbons (Fsp3) is 0.214. The summed E-state index contributed by atoms with van der Waals surface area (Å²) in [6, 6.07) is 19.8. The summed E-state index contributed by atoms with van der Waals surface area (Å²) in [4.78, 5) is 26.3. The lowest BCUT2D eigenvalue weighted by Gasteiger charge is -2.17. The second kappa shape index (κ2) is 10.5. The van der Waals surface area contributed by atoms with E-state index >= 15 is 0 Å². The van der Waals surface area contributed by atoms with Gasteiger partial charge in [0.1, 0.15) is 5.82 Å². The first-order valence-corrected chi connectivity index (χ1v) is 11.5. The molecule has 0 saturated carbocycles. The van der Waals surface area contributed by atoms with Gasteiger partial charge in [0.2, 0.25) is 0 Å². The molecule has 0 aliphatic carbocycles. The average Bonchev–Trinajstić information content (AvgIpc) is 3.14. The van der Waals surface area contributed by atoms with Crippen molar-refractivity contribution in [3.8, 4) is 0 Å². The summed E-state index contributed by atoms with van der Waals surface area (Å²) in [5.74, 6) is -1.62. The quantitative estimate of drug-likeness (QED) is 0.386. The van der Waals surface area contributed by atoms with Crippen molar-refractivity contribution in [1.82, 2.24) is 4.90 Å². The van der Waals surface area contributed by atoms with Gasteiger partial charge in [-0.3, -0.25) is 9.59 Å². The highest BCUT2D eigenvalue weighted by Crippen LogP contribution is 2.38. The summed E-state index contributed by atoms with van der Waals surface area (Å²) < 4.78 is 13.8. The fourth-order valence-electron chi connectivity index (χ4n) is 4.11. The zero-order valence-corrected chi connectivity index (χ0v) is 19.8. The van der Waals surface area contributed by atoms with Crippen molar-refractivity contribution in [3.05, 3.63) is 94.8 Å². The molecule has 7 heteroatoms. The highest BCUT2D eigenvalue weighted by molar-refractivity contribution is 6.37. The number of carbonyl (C=O) groups is 2. The number of nitrogens with zero attached hydrogens (tertiary/aromatic N) is 1. The number of fused-ring (bicyclic) bond motifs is 1. The van der Waals surface area contributed by atoms with Crippen LogP contribution < -0.4 is 10.6 Å². The van der Waals surface area contributed by atoms with Crippen LogP contribution in [-0.4, -0.2) is 42.5 Å². The van der Waals surface area contributed by atoms with Crippen molar-refractivity contribution in [2.75, 3.05) is 31.3 Å². The van der Waals surface area contributed by atoms with Crippen LogP contribution >= 0.6 is 0 Å². The van der Waals surface area contributed by atoms with Crippen molar-refractivity contribution >= 4 is 34.5 Å². The van der Waals surface area contributed by atoms with E-state index in [1.165, 1.54) is 12.1 Å². The molecule has 3 aromatic rings. The minimum atomic E-state index is -0.868. The third kappa shape index (κ3) is 5.94. The molecule has 0 saturated heterocycles. The molecule has 0 spiro atoms. The Morgan fingerprint density at radius 3 is 2.49 bits per heavy atom. The van der Waals surface area contributed by atoms with Crippen LogP contribution in [0.2, 0.25) is 0 Å². The molecule has 0 aromatic heterocycles. The molecule has 1 heterocycles. The molecule has 1 amide bonds. The van der Waals surface area contributed by atoms with Gasteiger partial charge in [0.15, 0.2) is 0 Å². The molecule has 3 N–H and O–H groups in total. The minimum absolute atomic E-state index is 0.0132. The smallest absolute Gasteiger partial charge is 0.303 e. The van der Waals surface area contributed by atoms with Gasteiger partial charge in [-0.1, -0.05) is 30.3 Å². The van der Waals surface area contributed by atoms with E-state index in [1.807, 2.05) is 50.5 Å². The molecule has 0 bridgehead atoms. The Morgan fingerprint density at radius 2 is 1.74 bits per heavy atom. The van der Waals surface area contributed by atoms with E-state index in [9.17, 15) is 14.0 Å². The fourth-order valence-corrected chi connectivity index (χ4v) is 4.11. The Hall–Kier alpha value is -3.97. The van der Waals surface area contributed by atoms with E-state index in [2.05, 4.69) is 27.7 Å². The van der Waals surface area contributed by atoms with Gasteiger partial charge in [-0.15, -0.1) is 0 Å². The molecular formula is C28H28FN3O3. The molecule has 3 aromatic carbocycles. The molecule has 0 fully saturated rings. The number of rotatable bonds is 9. The number of amides is 1. The van der Waals surface area contributed by atoms with Crippen LogP contribution in [0.15, 0.2) is 66.7 Å². The summed E-state index contributed by atoms with van der Waals surface area (Å²) >= 11 is 0. The van der Waals surface area contributed by atoms with Crippen LogP contribution in [0.1, 0.15) is 28.7 Å². The van der Waals surface area contributed by atoms with Crippen molar-refractivity contribution in [1.29, 1.82) is 0 Å². The number of hydrogen-bond acceptors (Lipinski definition) is 4. The predicted octanol–water partition coefficient (Wildman–Crippen LogP) is 4.88. The Bertz CT molecular complexity index is 1300. The highest BCUT2D eigenvalue weighted by atomic mass is 19.1. The minimum Gasteiger partial charge on any atom is -0.481 e. The van der Waals surface area contributed by atoms with Crippen molar-refractivity contribution in [3.63, 3.8) is 0 Å². The zero-order valence-electron chi connectivity index (χ0n) is 19.8. The number of halogens is 1. The van der Waals surface area contributed by atoms with Gasteiger partial charge in [-0.05, 0) is 80.0 Å². The van der Waals surface area contributed by atoms with E-state index in [0.717, 1.165) is 35.3 Å². The maximum atomic E-state index is 13.8. The maximum absolute atomic E-state index is 13.8. The van der Waals surface area contributed by atoms with Gasteiger partial charge in [0.25, 0.3) is 5.91 Å². The molecule has 0 atom stereocenters. The summed E-state index contributed by atoms with van der Waals surface area (Å²) in [6.45, 7) is 0.907. The lowest BCUT2D eigenvalue weighted by molar-refractivity contribution is -0.137. The standard InChI is InChI=1S/C28H28FN3O3/c1-32(2)14-13-19-6-4-8-22(16-19)30-27(20-7-3-5-18(15-20)9-12-25(33)34)26-23-11-10-21(29)17-24(23)31-28(26)35/h3-8,10-11,15-17,30H,9,12-14H2,1-2H3,(H,31,35)(H,33,34). The van der Waals surface area contributed by atoms with E-state index in [0.29, 0.717) is 28.9 Å². The number of likely N-dealkylation sites (N-methyl/N-ethyl adjacent to an activating group) is 1. The van der Waals surface area contributed by atoms with E-state index in [4.69, 9.17) is 5.11 Å². The topological polar surface area (TPSA) is 81.7 Å². The summed E-state index contributed by atoms with van der Waals surface area (Å²) in [7, 11) is 4.06. The first-order chi connectivity index (χ1) is 16.8. The number of carbonyl (C=O) groups excluding carboxylic acids is 1. The first kappa shape index (κ1) is 24.2. The number of carboxylic acids is 1. The van der Waals surface area contributed by atoms with Gasteiger partial charge < -0.3 is 20.6 Å². The SMILES string of the molecule is CN(C)CCc1cccc(NC(=C2C(=O)Nc3cc(F)ccc32)c2cccc(CCC(=O)O)c2)c1. The molecule has 6 nitrogen and oxygen atoms in total. The monoisotopic (exact) mass is 473 g/mol. The lowest BCUT2D eigenvalue weighted by atomic mass is 9.97. The lowest BCUT2D eigenvalue weighted by Crippen LogP contribution is -2.15. The highest BCUT2D eigenvalue weighted by Gasteiger charge is 2.29. The summed E-state index contributed by atoms with van der Waals surface area (Å²) in [6.07, 6.45) is 1.26. The van der Waals surface area contributed by atoms with Crippen LogP contribution in [0.3, 0.4) is 0 Å². The van der Waals surface area contributed by atoms with Crippen LogP contribution in [0.4, 0.5) is 15.8 Å². The Morgan fingerprint density at radius 1 is 1.00 bits per heavy atom. The van der Waals surface area contributed by atoms with E-state index < -0.39 is 11.8 Å². The number of anilines is 2. The molecule has 180 valence electrons. The van der Waals surface area contributed by atoms with E-state index in [1.54, 1.807) is 6.07 Å². The van der Waals surface area contributed by atoms with Crippen LogP contribution in [0.25, 0.3) is 11.3 Å². The maximum Gasteiger partial charge on any atom is 0.303 e. The van der Waals surface area contributed by atoms with Crippen molar-refractivity contribution < 1.29 is 19.1 Å². The Balaban J connectivity index is 1.79. The molecule has 0 unspecified atom stereocenters. The second-order valence-electron chi connectivity index (χ2n) is 8.87. The number of benzene rings is 3. The van der Waals surface area contributed by atoms with Gasteiger partial charge >= 0.3 is 5.97 Å². The third-order valence-electron chi connectivity index (χ3n) is 5.86. The van der Waals surface area contributed by atoms with Crippen LogP contribution in [0.5, 0.6) is 0 Å². The number of carboxylic acid groups (broad SMARTS) is 1. The zero-order chi connectivity index (χ0) is 24.9. The van der Waals surface area contributed by atoms with Gasteiger partial charge in [-0.25, -0.2) is 4.39 Å². The van der Waals surface area contributed by atoms with E-state index in [-0.39, 0.29) is 12.3 Å². The molecule has 35 heavy (non-hydrogen) atoms. The van der Waals surface area contributed by atoms with Crippen LogP contribution in [0, 0.1) is 5.82 Å². The second-order valence-corrected chi connectivity index (χ2v) is 8.87. The van der Waals surface area contributed by atoms with Crippen LogP contribution in [-0.2, 0) is 22.4 Å². The molecular weight excluding hydrogens is 445 g/mol. The number of aliphatic carboxylic acids is 1. The number of aryl methyl sites for hydroxylation is 1. The van der Waals surface area contributed by atoms with Gasteiger partial charge in [0.05, 0.1) is 17.0 Å².